The molecule has 0 heterocycles. The lowest BCUT2D eigenvalue weighted by Gasteiger charge is -2.32. The topological polar surface area (TPSA) is 59.6 Å². The lowest BCUT2D eigenvalue weighted by atomic mass is 9.83. The molecule has 1 fully saturated rings. The quantitative estimate of drug-likeness (QED) is 0.214. The molecule has 1 saturated carbocycles. The summed E-state index contributed by atoms with van der Waals surface area (Å²) in [5.41, 5.74) is 1.03. The molecule has 1 aromatic carbocycles. The molecule has 31 heavy (non-hydrogen) atoms. The van der Waals surface area contributed by atoms with E-state index in [0.717, 1.165) is 37.1 Å². The van der Waals surface area contributed by atoms with Gasteiger partial charge in [-0.15, -0.1) is 0 Å². The van der Waals surface area contributed by atoms with Gasteiger partial charge in [0.1, 0.15) is 0 Å². The molecular formula is C24H39FN2O3S. The Labute approximate surface area is 191 Å². The first-order valence-electron chi connectivity index (χ1n) is 11.5. The Kier molecular flexibility index (Phi) is 11.1. The van der Waals surface area contributed by atoms with Gasteiger partial charge in [0.2, 0.25) is 0 Å². The number of benzene rings is 1. The molecule has 1 unspecified atom stereocenters. The van der Waals surface area contributed by atoms with Crippen molar-refractivity contribution in [2.24, 2.45) is 11.3 Å². The first kappa shape index (κ1) is 25.9. The van der Waals surface area contributed by atoms with Crippen molar-refractivity contribution in [2.75, 3.05) is 32.1 Å². The molecule has 0 radical (unpaired) electrons. The molecule has 0 bridgehead atoms. The van der Waals surface area contributed by atoms with E-state index in [9.17, 15) is 9.18 Å². The second-order valence-corrected chi connectivity index (χ2v) is 10.2. The maximum absolute atomic E-state index is 14.2. The van der Waals surface area contributed by atoms with E-state index in [4.69, 9.17) is 9.47 Å². The minimum atomic E-state index is -0.290. The predicted molar refractivity (Wildman–Crippen MR) is 126 cm³/mol. The number of hydrogen-bond donors (Lipinski definition) is 2. The lowest BCUT2D eigenvalue weighted by Crippen LogP contribution is -2.28. The van der Waals surface area contributed by atoms with Crippen molar-refractivity contribution in [3.63, 3.8) is 0 Å². The van der Waals surface area contributed by atoms with Crippen molar-refractivity contribution in [1.82, 2.24) is 10.0 Å². The molecule has 1 aliphatic carbocycles. The molecule has 1 atom stereocenters. The molecular weight excluding hydrogens is 415 g/mol. The van der Waals surface area contributed by atoms with Crippen molar-refractivity contribution in [3.8, 4) is 5.75 Å². The molecule has 2 rings (SSSR count). The number of rotatable bonds is 15. The number of halogens is 1. The summed E-state index contributed by atoms with van der Waals surface area (Å²) in [4.78, 5) is 11.3. The van der Waals surface area contributed by atoms with Crippen molar-refractivity contribution < 1.29 is 18.7 Å². The number of hydrogen-bond acceptors (Lipinski definition) is 6. The molecule has 0 spiro atoms. The molecule has 0 aromatic heterocycles. The van der Waals surface area contributed by atoms with Crippen molar-refractivity contribution >= 4 is 17.9 Å². The Morgan fingerprint density at radius 1 is 1.26 bits per heavy atom. The average molecular weight is 455 g/mol. The SMILES string of the molecule is CCOC(=O)CNCCCCCSNC(c1ccc(F)c(OCC2CC2)c1)C(C)(C)C. The van der Waals surface area contributed by atoms with E-state index in [1.165, 1.54) is 18.9 Å². The monoisotopic (exact) mass is 454 g/mol. The van der Waals surface area contributed by atoms with Gasteiger partial charge in [-0.05, 0) is 68.2 Å². The third-order valence-corrected chi connectivity index (χ3v) is 6.10. The highest BCUT2D eigenvalue weighted by molar-refractivity contribution is 7.97. The van der Waals surface area contributed by atoms with Crippen molar-refractivity contribution in [2.45, 2.75) is 65.8 Å². The molecule has 0 saturated heterocycles. The molecule has 0 amide bonds. The highest BCUT2D eigenvalue weighted by Crippen LogP contribution is 2.37. The van der Waals surface area contributed by atoms with E-state index in [-0.39, 0.29) is 29.8 Å². The average Bonchev–Trinajstić information content (AvgIpc) is 3.53. The van der Waals surface area contributed by atoms with Gasteiger partial charge in [0.15, 0.2) is 11.6 Å². The number of esters is 1. The van der Waals surface area contributed by atoms with Crippen LogP contribution in [0.15, 0.2) is 18.2 Å². The third kappa shape index (κ3) is 10.2. The number of nitrogens with one attached hydrogen (secondary N) is 2. The summed E-state index contributed by atoms with van der Waals surface area (Å²) in [6.07, 6.45) is 5.59. The molecule has 5 nitrogen and oxygen atoms in total. The lowest BCUT2D eigenvalue weighted by molar-refractivity contribution is -0.141. The first-order chi connectivity index (χ1) is 14.8. The Hall–Kier alpha value is -1.31. The van der Waals surface area contributed by atoms with E-state index in [1.54, 1.807) is 11.9 Å². The fraction of sp³-hybridized carbons (Fsp3) is 0.708. The van der Waals surface area contributed by atoms with Crippen LogP contribution in [0.2, 0.25) is 0 Å². The fourth-order valence-corrected chi connectivity index (χ4v) is 4.32. The Morgan fingerprint density at radius 2 is 2.03 bits per heavy atom. The summed E-state index contributed by atoms with van der Waals surface area (Å²) in [6.45, 7) is 10.5. The molecule has 7 heteroatoms. The Bertz CT molecular complexity index is 677. The largest absolute Gasteiger partial charge is 0.490 e. The highest BCUT2D eigenvalue weighted by Gasteiger charge is 2.28. The molecule has 0 aliphatic heterocycles. The van der Waals surface area contributed by atoms with Crippen LogP contribution in [0.4, 0.5) is 4.39 Å². The van der Waals surface area contributed by atoms with E-state index in [1.807, 2.05) is 19.1 Å². The minimum absolute atomic E-state index is 0.0182. The van der Waals surface area contributed by atoms with E-state index < -0.39 is 0 Å². The van der Waals surface area contributed by atoms with Crippen LogP contribution in [-0.2, 0) is 9.53 Å². The summed E-state index contributed by atoms with van der Waals surface area (Å²) in [7, 11) is 0. The van der Waals surface area contributed by atoms with Gasteiger partial charge in [-0.25, -0.2) is 4.39 Å². The van der Waals surface area contributed by atoms with Gasteiger partial charge in [-0.3, -0.25) is 9.52 Å². The number of carbonyl (C=O) groups excluding carboxylic acids is 1. The normalized spacial score (nSPS) is 15.0. The molecule has 1 aliphatic rings. The van der Waals surface area contributed by atoms with Gasteiger partial charge in [-0.1, -0.05) is 45.2 Å². The van der Waals surface area contributed by atoms with E-state index >= 15 is 0 Å². The Balaban J connectivity index is 1.72. The first-order valence-corrected chi connectivity index (χ1v) is 12.5. The minimum Gasteiger partial charge on any atom is -0.490 e. The van der Waals surface area contributed by atoms with Crippen LogP contribution in [0.1, 0.15) is 71.4 Å². The smallest absolute Gasteiger partial charge is 0.319 e. The van der Waals surface area contributed by atoms with Crippen LogP contribution in [0.3, 0.4) is 0 Å². The van der Waals surface area contributed by atoms with Crippen LogP contribution < -0.4 is 14.8 Å². The van der Waals surface area contributed by atoms with Gasteiger partial charge >= 0.3 is 5.97 Å². The second kappa shape index (κ2) is 13.3. The second-order valence-electron chi connectivity index (χ2n) is 9.25. The summed E-state index contributed by atoms with van der Waals surface area (Å²) >= 11 is 1.72. The summed E-state index contributed by atoms with van der Waals surface area (Å²) in [5, 5.41) is 3.11. The number of ether oxygens (including phenoxy) is 2. The van der Waals surface area contributed by atoms with E-state index in [0.29, 0.717) is 24.9 Å². The highest BCUT2D eigenvalue weighted by atomic mass is 32.2. The molecule has 176 valence electrons. The van der Waals surface area contributed by atoms with Crippen LogP contribution in [0.25, 0.3) is 0 Å². The summed E-state index contributed by atoms with van der Waals surface area (Å²) in [6, 6.07) is 5.33. The predicted octanol–water partition coefficient (Wildman–Crippen LogP) is 5.26. The zero-order chi connectivity index (χ0) is 22.7. The number of unbranched alkanes of at least 4 members (excludes halogenated alkanes) is 2. The fourth-order valence-electron chi connectivity index (χ4n) is 3.19. The molecule has 1 aromatic rings. The summed E-state index contributed by atoms with van der Waals surface area (Å²) in [5.74, 6) is 1.46. The zero-order valence-corrected chi connectivity index (χ0v) is 20.3. The van der Waals surface area contributed by atoms with Gasteiger partial charge in [0.25, 0.3) is 0 Å². The standard InChI is InChI=1S/C24H39FN2O3S/c1-5-29-22(28)16-26-13-7-6-8-14-31-27-23(24(2,3)4)19-11-12-20(25)21(15-19)30-17-18-9-10-18/h11-12,15,18,23,26-27H,5-10,13-14,16-17H2,1-4H3. The van der Waals surface area contributed by atoms with Crippen LogP contribution in [-0.4, -0.2) is 38.0 Å². The van der Waals surface area contributed by atoms with Gasteiger partial charge < -0.3 is 14.8 Å². The van der Waals surface area contributed by atoms with Crippen LogP contribution in [0, 0.1) is 17.2 Å². The third-order valence-electron chi connectivity index (χ3n) is 5.20. The van der Waals surface area contributed by atoms with Crippen molar-refractivity contribution in [3.05, 3.63) is 29.6 Å². The maximum atomic E-state index is 14.2. The van der Waals surface area contributed by atoms with Gasteiger partial charge in [0, 0.05) is 11.8 Å². The van der Waals surface area contributed by atoms with Gasteiger partial charge in [0.05, 0.1) is 19.8 Å². The summed E-state index contributed by atoms with van der Waals surface area (Å²) < 4.78 is 28.4. The zero-order valence-electron chi connectivity index (χ0n) is 19.5. The van der Waals surface area contributed by atoms with Crippen LogP contribution >= 0.6 is 11.9 Å². The maximum Gasteiger partial charge on any atom is 0.319 e. The number of carbonyl (C=O) groups is 1. The van der Waals surface area contributed by atoms with Gasteiger partial charge in [-0.2, -0.15) is 0 Å². The van der Waals surface area contributed by atoms with Crippen molar-refractivity contribution in [1.29, 1.82) is 0 Å². The van der Waals surface area contributed by atoms with E-state index in [2.05, 4.69) is 30.8 Å². The Morgan fingerprint density at radius 3 is 2.71 bits per heavy atom. The molecule has 2 N–H and O–H groups in total. The van der Waals surface area contributed by atoms with Crippen LogP contribution in [0.5, 0.6) is 5.75 Å².